The third-order valence-electron chi connectivity index (χ3n) is 2.13. The zero-order valence-electron chi connectivity index (χ0n) is 10.00. The fourth-order valence-corrected chi connectivity index (χ4v) is 1.49. The van der Waals surface area contributed by atoms with Crippen molar-refractivity contribution in [2.45, 2.75) is 13.3 Å². The molecule has 0 atom stereocenters. The van der Waals surface area contributed by atoms with Crippen molar-refractivity contribution in [1.82, 2.24) is 15.6 Å². The summed E-state index contributed by atoms with van der Waals surface area (Å²) in [5.74, 6) is -0.273. The van der Waals surface area contributed by atoms with Crippen LogP contribution in [0.3, 0.4) is 0 Å². The fraction of sp³-hybridized carbons (Fsp3) is 0.364. The van der Waals surface area contributed by atoms with E-state index in [1.165, 1.54) is 12.3 Å². The molecular weight excluding hydrogens is 256 g/mol. The Kier molecular flexibility index (Phi) is 5.38. The summed E-state index contributed by atoms with van der Waals surface area (Å²) in [5.41, 5.74) is 5.72. The normalized spacial score (nSPS) is 9.89. The molecule has 0 aliphatic carbocycles. The number of carbonyl (C=O) groups excluding carboxylic acids is 2. The Labute approximate surface area is 110 Å². The first-order chi connectivity index (χ1) is 8.54. The molecule has 1 aromatic heterocycles. The van der Waals surface area contributed by atoms with Crippen LogP contribution in [0.4, 0.5) is 5.82 Å². The van der Waals surface area contributed by atoms with Crippen molar-refractivity contribution in [1.29, 1.82) is 0 Å². The number of aromatic nitrogens is 1. The highest BCUT2D eigenvalue weighted by Gasteiger charge is 2.11. The van der Waals surface area contributed by atoms with E-state index >= 15 is 0 Å². The first kappa shape index (κ1) is 14.2. The summed E-state index contributed by atoms with van der Waals surface area (Å²) >= 11 is 5.82. The Morgan fingerprint density at radius 1 is 1.44 bits per heavy atom. The zero-order valence-corrected chi connectivity index (χ0v) is 10.8. The minimum Gasteiger partial charge on any atom is -0.384 e. The lowest BCUT2D eigenvalue weighted by Crippen LogP contribution is -2.30. The minimum atomic E-state index is -0.376. The predicted octanol–water partition coefficient (Wildman–Crippen LogP) is 0.573. The molecule has 0 saturated carbocycles. The van der Waals surface area contributed by atoms with Gasteiger partial charge in [-0.2, -0.15) is 0 Å². The highest BCUT2D eigenvalue weighted by molar-refractivity contribution is 6.33. The van der Waals surface area contributed by atoms with Crippen LogP contribution in [0.5, 0.6) is 0 Å². The van der Waals surface area contributed by atoms with Crippen molar-refractivity contribution in [3.8, 4) is 0 Å². The largest absolute Gasteiger partial charge is 0.384 e. The van der Waals surface area contributed by atoms with Gasteiger partial charge in [0.2, 0.25) is 5.91 Å². The van der Waals surface area contributed by atoms with E-state index in [0.29, 0.717) is 6.54 Å². The Hall–Kier alpha value is -1.82. The van der Waals surface area contributed by atoms with E-state index in [0.717, 1.165) is 0 Å². The second-order valence-corrected chi connectivity index (χ2v) is 3.96. The smallest absolute Gasteiger partial charge is 0.253 e. The molecule has 7 heteroatoms. The van der Waals surface area contributed by atoms with Gasteiger partial charge in [0.15, 0.2) is 0 Å². The second-order valence-electron chi connectivity index (χ2n) is 3.55. The molecule has 1 rings (SSSR count). The summed E-state index contributed by atoms with van der Waals surface area (Å²) in [6.07, 6.45) is 1.54. The third-order valence-corrected chi connectivity index (χ3v) is 2.43. The Morgan fingerprint density at radius 2 is 2.17 bits per heavy atom. The number of rotatable bonds is 5. The first-order valence-corrected chi connectivity index (χ1v) is 5.88. The van der Waals surface area contributed by atoms with Crippen LogP contribution < -0.4 is 16.4 Å². The number of pyridine rings is 1. The van der Waals surface area contributed by atoms with E-state index in [4.69, 9.17) is 17.3 Å². The van der Waals surface area contributed by atoms with E-state index in [1.807, 2.05) is 6.92 Å². The summed E-state index contributed by atoms with van der Waals surface area (Å²) < 4.78 is 0. The van der Waals surface area contributed by atoms with Gasteiger partial charge >= 0.3 is 0 Å². The van der Waals surface area contributed by atoms with Gasteiger partial charge in [0.1, 0.15) is 5.82 Å². The Bertz CT molecular complexity index is 451. The molecule has 0 unspecified atom stereocenters. The molecule has 18 heavy (non-hydrogen) atoms. The van der Waals surface area contributed by atoms with Gasteiger partial charge in [-0.15, -0.1) is 0 Å². The van der Waals surface area contributed by atoms with Crippen LogP contribution >= 0.6 is 11.6 Å². The Balaban J connectivity index is 2.50. The molecule has 4 N–H and O–H groups in total. The highest BCUT2D eigenvalue weighted by atomic mass is 35.5. The number of nitrogen functional groups attached to an aromatic ring is 1. The van der Waals surface area contributed by atoms with Gasteiger partial charge in [0, 0.05) is 25.7 Å². The fourth-order valence-electron chi connectivity index (χ4n) is 1.30. The van der Waals surface area contributed by atoms with Gasteiger partial charge in [0.25, 0.3) is 5.91 Å². The lowest BCUT2D eigenvalue weighted by Gasteiger charge is -2.07. The molecule has 0 saturated heterocycles. The molecule has 0 radical (unpaired) electrons. The third kappa shape index (κ3) is 4.21. The summed E-state index contributed by atoms with van der Waals surface area (Å²) in [7, 11) is 0. The van der Waals surface area contributed by atoms with Crippen LogP contribution in [0.2, 0.25) is 5.02 Å². The number of nitrogens with two attached hydrogens (primary N) is 1. The average Bonchev–Trinajstić information content (AvgIpc) is 2.32. The molecule has 2 amide bonds. The van der Waals surface area contributed by atoms with Crippen molar-refractivity contribution in [3.63, 3.8) is 0 Å². The molecule has 6 nitrogen and oxygen atoms in total. The van der Waals surface area contributed by atoms with E-state index in [-0.39, 0.29) is 41.2 Å². The lowest BCUT2D eigenvalue weighted by molar-refractivity contribution is -0.120. The van der Waals surface area contributed by atoms with Crippen LogP contribution in [0.1, 0.15) is 23.7 Å². The topological polar surface area (TPSA) is 97.1 Å². The molecule has 98 valence electrons. The standard InChI is InChI=1S/C11H15ClN4O2/c1-2-14-10(17)3-4-15-11(18)7-5-9(13)16-6-8(7)12/h5-6H,2-4H2,1H3,(H2,13,16)(H,14,17)(H,15,18). The number of hydrogen-bond donors (Lipinski definition) is 3. The van der Waals surface area contributed by atoms with E-state index in [1.54, 1.807) is 0 Å². The molecule has 0 spiro atoms. The van der Waals surface area contributed by atoms with Crippen molar-refractivity contribution in [3.05, 3.63) is 22.8 Å². The van der Waals surface area contributed by atoms with Gasteiger partial charge < -0.3 is 16.4 Å². The van der Waals surface area contributed by atoms with Crippen molar-refractivity contribution in [2.75, 3.05) is 18.8 Å². The monoisotopic (exact) mass is 270 g/mol. The van der Waals surface area contributed by atoms with Gasteiger partial charge in [-0.05, 0) is 13.0 Å². The average molecular weight is 271 g/mol. The number of anilines is 1. The summed E-state index contributed by atoms with van der Waals surface area (Å²) in [6.45, 7) is 2.64. The van der Waals surface area contributed by atoms with E-state index in [2.05, 4.69) is 15.6 Å². The van der Waals surface area contributed by atoms with E-state index < -0.39 is 0 Å². The predicted molar refractivity (Wildman–Crippen MR) is 69.3 cm³/mol. The molecule has 0 aromatic carbocycles. The number of nitrogens with zero attached hydrogens (tertiary/aromatic N) is 1. The summed E-state index contributed by atoms with van der Waals surface area (Å²) in [5, 5.41) is 5.44. The van der Waals surface area contributed by atoms with Crippen molar-refractivity contribution < 1.29 is 9.59 Å². The SMILES string of the molecule is CCNC(=O)CCNC(=O)c1cc(N)ncc1Cl. The number of amides is 2. The van der Waals surface area contributed by atoms with Gasteiger partial charge in [0.05, 0.1) is 10.6 Å². The Morgan fingerprint density at radius 3 is 2.83 bits per heavy atom. The van der Waals surface area contributed by atoms with Gasteiger partial charge in [-0.3, -0.25) is 9.59 Å². The van der Waals surface area contributed by atoms with Gasteiger partial charge in [-0.1, -0.05) is 11.6 Å². The van der Waals surface area contributed by atoms with Gasteiger partial charge in [-0.25, -0.2) is 4.98 Å². The maximum Gasteiger partial charge on any atom is 0.253 e. The quantitative estimate of drug-likeness (QED) is 0.729. The molecule has 0 aliphatic heterocycles. The summed E-state index contributed by atoms with van der Waals surface area (Å²) in [6, 6.07) is 1.39. The minimum absolute atomic E-state index is 0.113. The first-order valence-electron chi connectivity index (χ1n) is 5.50. The van der Waals surface area contributed by atoms with Crippen LogP contribution in [-0.2, 0) is 4.79 Å². The molecular formula is C11H15ClN4O2. The highest BCUT2D eigenvalue weighted by Crippen LogP contribution is 2.16. The number of halogens is 1. The van der Waals surface area contributed by atoms with E-state index in [9.17, 15) is 9.59 Å². The number of nitrogens with one attached hydrogen (secondary N) is 2. The van der Waals surface area contributed by atoms with Crippen LogP contribution in [0, 0.1) is 0 Å². The van der Waals surface area contributed by atoms with Crippen LogP contribution in [0.25, 0.3) is 0 Å². The molecule has 1 aromatic rings. The van der Waals surface area contributed by atoms with Crippen LogP contribution in [-0.4, -0.2) is 29.9 Å². The maximum atomic E-state index is 11.7. The lowest BCUT2D eigenvalue weighted by atomic mass is 10.2. The number of hydrogen-bond acceptors (Lipinski definition) is 4. The second kappa shape index (κ2) is 6.80. The molecule has 0 bridgehead atoms. The zero-order chi connectivity index (χ0) is 13.5. The molecule has 0 fully saturated rings. The van der Waals surface area contributed by atoms with Crippen molar-refractivity contribution >= 4 is 29.2 Å². The molecule has 1 heterocycles. The van der Waals surface area contributed by atoms with Crippen molar-refractivity contribution in [2.24, 2.45) is 0 Å². The maximum absolute atomic E-state index is 11.7. The summed E-state index contributed by atoms with van der Waals surface area (Å²) in [4.78, 5) is 26.7. The van der Waals surface area contributed by atoms with Crippen LogP contribution in [0.15, 0.2) is 12.3 Å². The number of carbonyl (C=O) groups is 2. The molecule has 0 aliphatic rings.